The molecule has 1 heterocycles. The third-order valence-corrected chi connectivity index (χ3v) is 3.80. The van der Waals surface area contributed by atoms with Gasteiger partial charge in [0.15, 0.2) is 0 Å². The van der Waals surface area contributed by atoms with E-state index in [0.717, 1.165) is 16.1 Å². The van der Waals surface area contributed by atoms with Crippen LogP contribution in [0.4, 0.5) is 0 Å². The van der Waals surface area contributed by atoms with E-state index in [-0.39, 0.29) is 6.04 Å². The van der Waals surface area contributed by atoms with E-state index in [1.807, 2.05) is 44.4 Å². The molecule has 2 unspecified atom stereocenters. The van der Waals surface area contributed by atoms with Crippen molar-refractivity contribution in [1.82, 2.24) is 15.1 Å². The Hall–Kier alpha value is -1.36. The van der Waals surface area contributed by atoms with E-state index in [1.54, 1.807) is 17.8 Å². The van der Waals surface area contributed by atoms with Gasteiger partial charge in [-0.3, -0.25) is 4.68 Å². The largest absolute Gasteiger partial charge is 0.384 e. The number of nitrogens with zero attached hydrogens (tertiary/aromatic N) is 2. The molecule has 0 bridgehead atoms. The molecule has 4 nitrogen and oxygen atoms in total. The van der Waals surface area contributed by atoms with Gasteiger partial charge in [-0.15, -0.1) is 0 Å². The molecular weight excluding hydrogens is 274 g/mol. The van der Waals surface area contributed by atoms with Gasteiger partial charge in [-0.25, -0.2) is 0 Å². The summed E-state index contributed by atoms with van der Waals surface area (Å²) in [5, 5.41) is 18.7. The van der Waals surface area contributed by atoms with E-state index in [1.165, 1.54) is 0 Å². The summed E-state index contributed by atoms with van der Waals surface area (Å²) in [6, 6.07) is 7.78. The minimum absolute atomic E-state index is 0.0619. The Morgan fingerprint density at radius 1 is 1.45 bits per heavy atom. The summed E-state index contributed by atoms with van der Waals surface area (Å²) in [7, 11) is 1.83. The van der Waals surface area contributed by atoms with Gasteiger partial charge in [-0.05, 0) is 25.5 Å². The molecule has 1 aromatic carbocycles. The van der Waals surface area contributed by atoms with Gasteiger partial charge in [0, 0.05) is 36.4 Å². The van der Waals surface area contributed by atoms with E-state index in [0.29, 0.717) is 6.54 Å². The van der Waals surface area contributed by atoms with E-state index < -0.39 is 5.60 Å². The van der Waals surface area contributed by atoms with Gasteiger partial charge in [0.2, 0.25) is 0 Å². The smallest absolute Gasteiger partial charge is 0.102 e. The molecule has 0 saturated heterocycles. The summed E-state index contributed by atoms with van der Waals surface area (Å²) < 4.78 is 1.68. The lowest BCUT2D eigenvalue weighted by molar-refractivity contribution is 0.0543. The van der Waals surface area contributed by atoms with Crippen LogP contribution in [0.2, 0.25) is 5.02 Å². The molecule has 0 spiro atoms. The average Bonchev–Trinajstić information content (AvgIpc) is 2.84. The molecule has 0 fully saturated rings. The zero-order chi connectivity index (χ0) is 14.8. The number of benzene rings is 1. The average molecular weight is 294 g/mol. The van der Waals surface area contributed by atoms with E-state index >= 15 is 0 Å². The highest BCUT2D eigenvalue weighted by Crippen LogP contribution is 2.24. The first-order valence-electron chi connectivity index (χ1n) is 6.59. The van der Waals surface area contributed by atoms with Gasteiger partial charge in [0.05, 0.1) is 6.20 Å². The number of halogens is 1. The van der Waals surface area contributed by atoms with Crippen molar-refractivity contribution in [2.45, 2.75) is 25.5 Å². The van der Waals surface area contributed by atoms with Crippen molar-refractivity contribution in [1.29, 1.82) is 0 Å². The van der Waals surface area contributed by atoms with Gasteiger partial charge < -0.3 is 10.4 Å². The number of aromatic nitrogens is 2. The number of hydrogen-bond donors (Lipinski definition) is 2. The quantitative estimate of drug-likeness (QED) is 0.891. The number of aryl methyl sites for hydroxylation is 1. The summed E-state index contributed by atoms with van der Waals surface area (Å²) in [5.74, 6) is 0. The molecule has 0 amide bonds. The second kappa shape index (κ2) is 5.95. The monoisotopic (exact) mass is 293 g/mol. The number of rotatable bonds is 5. The van der Waals surface area contributed by atoms with Crippen LogP contribution in [0.25, 0.3) is 0 Å². The maximum absolute atomic E-state index is 10.5. The maximum Gasteiger partial charge on any atom is 0.102 e. The van der Waals surface area contributed by atoms with Crippen molar-refractivity contribution < 1.29 is 5.11 Å². The minimum Gasteiger partial charge on any atom is -0.384 e. The van der Waals surface area contributed by atoms with Crippen LogP contribution in [0, 0.1) is 0 Å². The predicted molar refractivity (Wildman–Crippen MR) is 80.6 cm³/mol. The summed E-state index contributed by atoms with van der Waals surface area (Å²) in [6.45, 7) is 4.22. The van der Waals surface area contributed by atoms with Gasteiger partial charge in [-0.1, -0.05) is 29.8 Å². The molecule has 2 aromatic rings. The van der Waals surface area contributed by atoms with Crippen molar-refractivity contribution in [3.05, 3.63) is 52.8 Å². The van der Waals surface area contributed by atoms with Gasteiger partial charge >= 0.3 is 0 Å². The van der Waals surface area contributed by atoms with Crippen LogP contribution >= 0.6 is 11.6 Å². The second-order valence-electron chi connectivity index (χ2n) is 5.30. The minimum atomic E-state index is -0.968. The Labute approximate surface area is 124 Å². The fourth-order valence-corrected chi connectivity index (χ4v) is 2.39. The number of hydrogen-bond acceptors (Lipinski definition) is 3. The highest BCUT2D eigenvalue weighted by molar-refractivity contribution is 6.31. The standard InChI is InChI=1S/C15H20ClN3O/c1-11(13-6-4-5-7-14(13)16)17-10-15(2,20)12-8-18-19(3)9-12/h4-9,11,17,20H,10H2,1-3H3. The zero-order valence-electron chi connectivity index (χ0n) is 12.0. The normalized spacial score (nSPS) is 15.8. The van der Waals surface area contributed by atoms with Crippen LogP contribution in [0.1, 0.15) is 31.0 Å². The van der Waals surface area contributed by atoms with Crippen molar-refractivity contribution >= 4 is 11.6 Å². The third-order valence-electron chi connectivity index (χ3n) is 3.45. The van der Waals surface area contributed by atoms with Crippen molar-refractivity contribution in [3.63, 3.8) is 0 Å². The lowest BCUT2D eigenvalue weighted by Gasteiger charge is -2.25. The molecule has 2 atom stereocenters. The molecule has 0 saturated carbocycles. The van der Waals surface area contributed by atoms with E-state index in [2.05, 4.69) is 10.4 Å². The first kappa shape index (κ1) is 15.0. The molecule has 108 valence electrons. The molecule has 0 radical (unpaired) electrons. The van der Waals surface area contributed by atoms with Crippen LogP contribution in [-0.4, -0.2) is 21.4 Å². The summed E-state index contributed by atoms with van der Waals surface area (Å²) >= 11 is 6.17. The Morgan fingerprint density at radius 2 is 2.15 bits per heavy atom. The topological polar surface area (TPSA) is 50.1 Å². The summed E-state index contributed by atoms with van der Waals surface area (Å²) in [4.78, 5) is 0. The van der Waals surface area contributed by atoms with Crippen LogP contribution in [0.15, 0.2) is 36.7 Å². The Kier molecular flexibility index (Phi) is 4.48. The molecule has 0 aliphatic rings. The first-order chi connectivity index (χ1) is 9.40. The molecule has 0 aliphatic carbocycles. The molecule has 20 heavy (non-hydrogen) atoms. The van der Waals surface area contributed by atoms with Crippen molar-refractivity contribution in [3.8, 4) is 0 Å². The molecule has 2 N–H and O–H groups in total. The summed E-state index contributed by atoms with van der Waals surface area (Å²) in [5.41, 5.74) is 0.846. The maximum atomic E-state index is 10.5. The third kappa shape index (κ3) is 3.39. The second-order valence-corrected chi connectivity index (χ2v) is 5.71. The van der Waals surface area contributed by atoms with Gasteiger partial charge in [-0.2, -0.15) is 5.10 Å². The Balaban J connectivity index is 2.03. The highest BCUT2D eigenvalue weighted by atomic mass is 35.5. The van der Waals surface area contributed by atoms with Crippen LogP contribution < -0.4 is 5.32 Å². The lowest BCUT2D eigenvalue weighted by Crippen LogP contribution is -2.36. The highest BCUT2D eigenvalue weighted by Gasteiger charge is 2.25. The molecular formula is C15H20ClN3O. The fourth-order valence-electron chi connectivity index (χ4n) is 2.09. The van der Waals surface area contributed by atoms with Crippen molar-refractivity contribution in [2.24, 2.45) is 7.05 Å². The zero-order valence-corrected chi connectivity index (χ0v) is 12.7. The fraction of sp³-hybridized carbons (Fsp3) is 0.400. The molecule has 1 aromatic heterocycles. The van der Waals surface area contributed by atoms with E-state index in [4.69, 9.17) is 11.6 Å². The van der Waals surface area contributed by atoms with Crippen LogP contribution in [0.3, 0.4) is 0 Å². The van der Waals surface area contributed by atoms with Crippen LogP contribution in [0.5, 0.6) is 0 Å². The Morgan fingerprint density at radius 3 is 2.75 bits per heavy atom. The van der Waals surface area contributed by atoms with Gasteiger partial charge in [0.1, 0.15) is 5.60 Å². The number of nitrogens with one attached hydrogen (secondary N) is 1. The summed E-state index contributed by atoms with van der Waals surface area (Å²) in [6.07, 6.45) is 3.50. The first-order valence-corrected chi connectivity index (χ1v) is 6.97. The molecule has 2 rings (SSSR count). The number of aliphatic hydroxyl groups is 1. The van der Waals surface area contributed by atoms with Crippen LogP contribution in [-0.2, 0) is 12.6 Å². The lowest BCUT2D eigenvalue weighted by atomic mass is 9.98. The molecule has 5 heteroatoms. The van der Waals surface area contributed by atoms with E-state index in [9.17, 15) is 5.11 Å². The molecule has 0 aliphatic heterocycles. The van der Waals surface area contributed by atoms with Crippen molar-refractivity contribution in [2.75, 3.05) is 6.54 Å². The van der Waals surface area contributed by atoms with Gasteiger partial charge in [0.25, 0.3) is 0 Å². The Bertz CT molecular complexity index is 580. The predicted octanol–water partition coefficient (Wildman–Crippen LogP) is 2.63. The SMILES string of the molecule is CC(NCC(C)(O)c1cnn(C)c1)c1ccccc1Cl.